The number of aromatic hydroxyl groups is 1. The molecule has 154 valence electrons. The van der Waals surface area contributed by atoms with E-state index in [2.05, 4.69) is 44.1 Å². The maximum absolute atomic E-state index is 10.8. The number of hydrogen-bond acceptors (Lipinski definition) is 7. The lowest BCUT2D eigenvalue weighted by atomic mass is 10.0. The van der Waals surface area contributed by atoms with Gasteiger partial charge in [-0.1, -0.05) is 41.7 Å². The first kappa shape index (κ1) is 18.9. The van der Waals surface area contributed by atoms with Crippen LogP contribution in [0.15, 0.2) is 60.9 Å². The van der Waals surface area contributed by atoms with Crippen molar-refractivity contribution in [1.29, 1.82) is 0 Å². The summed E-state index contributed by atoms with van der Waals surface area (Å²) in [4.78, 5) is 10.7. The molecule has 1 N–H and O–H groups in total. The molecule has 30 heavy (non-hydrogen) atoms. The Bertz CT molecular complexity index is 1120. The zero-order valence-electron chi connectivity index (χ0n) is 16.7. The molecule has 0 aliphatic carbocycles. The van der Waals surface area contributed by atoms with E-state index in [0.717, 1.165) is 42.4 Å². The second kappa shape index (κ2) is 7.97. The van der Waals surface area contributed by atoms with Gasteiger partial charge in [-0.3, -0.25) is 4.90 Å². The van der Waals surface area contributed by atoms with Gasteiger partial charge in [-0.25, -0.2) is 4.98 Å². The van der Waals surface area contributed by atoms with E-state index in [9.17, 15) is 5.11 Å². The van der Waals surface area contributed by atoms with Gasteiger partial charge in [0.05, 0.1) is 18.0 Å². The van der Waals surface area contributed by atoms with Crippen LogP contribution >= 0.6 is 11.3 Å². The quantitative estimate of drug-likeness (QED) is 0.533. The zero-order valence-corrected chi connectivity index (χ0v) is 17.5. The molecule has 1 aliphatic heterocycles. The van der Waals surface area contributed by atoms with Crippen molar-refractivity contribution in [2.75, 3.05) is 38.2 Å². The summed E-state index contributed by atoms with van der Waals surface area (Å²) in [5, 5.41) is 15.0. The summed E-state index contributed by atoms with van der Waals surface area (Å²) in [6.45, 7) is 3.60. The Morgan fingerprint density at radius 3 is 2.40 bits per heavy atom. The number of anilines is 1. The number of nitrogens with zero attached hydrogens (tertiary/aromatic N) is 5. The number of rotatable bonds is 5. The third-order valence-electron chi connectivity index (χ3n) is 5.62. The Morgan fingerprint density at radius 2 is 1.73 bits per heavy atom. The maximum atomic E-state index is 10.8. The third-order valence-corrected chi connectivity index (χ3v) is 6.71. The molecule has 0 bridgehead atoms. The highest BCUT2D eigenvalue weighted by Gasteiger charge is 2.31. The Kier molecular flexibility index (Phi) is 5.02. The molecule has 0 amide bonds. The summed E-state index contributed by atoms with van der Waals surface area (Å²) in [7, 11) is 1.68. The summed E-state index contributed by atoms with van der Waals surface area (Å²) in [6, 6.07) is 18.5. The number of fused-ring (bicyclic) bond motifs is 1. The third kappa shape index (κ3) is 3.38. The first-order valence-corrected chi connectivity index (χ1v) is 10.8. The number of benzene rings is 2. The molecule has 1 atom stereocenters. The lowest BCUT2D eigenvalue weighted by Gasteiger charge is -2.40. The molecule has 3 heterocycles. The number of thiazole rings is 1. The standard InChI is InChI=1S/C22H23N5O2S/c1-29-18-9-7-17(8-10-18)25-11-13-26(14-12-25)19(16-5-3-2-4-6-16)20-21(28)27-22(30-20)23-15-24-27/h2-10,15,19,28H,11-14H2,1H3. The molecule has 0 spiro atoms. The Labute approximate surface area is 178 Å². The van der Waals surface area contributed by atoms with Crippen molar-refractivity contribution in [3.05, 3.63) is 71.4 Å². The van der Waals surface area contributed by atoms with Gasteiger partial charge < -0.3 is 14.7 Å². The monoisotopic (exact) mass is 421 g/mol. The van der Waals surface area contributed by atoms with Crippen LogP contribution in [0, 0.1) is 0 Å². The van der Waals surface area contributed by atoms with Gasteiger partial charge in [0.2, 0.25) is 10.8 Å². The molecule has 2 aromatic carbocycles. The van der Waals surface area contributed by atoms with E-state index in [1.165, 1.54) is 27.9 Å². The normalized spacial score (nSPS) is 16.1. The van der Waals surface area contributed by atoms with E-state index in [-0.39, 0.29) is 11.9 Å². The Morgan fingerprint density at radius 1 is 1.00 bits per heavy atom. The predicted octanol–water partition coefficient (Wildman–Crippen LogP) is 3.42. The van der Waals surface area contributed by atoms with Crippen LogP contribution in [0.4, 0.5) is 5.69 Å². The fourth-order valence-electron chi connectivity index (χ4n) is 4.07. The molecular formula is C22H23N5O2S. The van der Waals surface area contributed by atoms with E-state index < -0.39 is 0 Å². The second-order valence-corrected chi connectivity index (χ2v) is 8.29. The summed E-state index contributed by atoms with van der Waals surface area (Å²) >= 11 is 1.50. The van der Waals surface area contributed by atoms with E-state index in [4.69, 9.17) is 4.74 Å². The van der Waals surface area contributed by atoms with Crippen molar-refractivity contribution in [3.63, 3.8) is 0 Å². The van der Waals surface area contributed by atoms with Crippen molar-refractivity contribution in [2.45, 2.75) is 6.04 Å². The number of aromatic nitrogens is 3. The molecule has 2 aromatic heterocycles. The number of hydrogen-bond donors (Lipinski definition) is 1. The molecule has 0 radical (unpaired) electrons. The van der Waals surface area contributed by atoms with Crippen molar-refractivity contribution < 1.29 is 9.84 Å². The molecule has 8 heteroatoms. The molecule has 1 saturated heterocycles. The SMILES string of the molecule is COc1ccc(N2CCN(C(c3ccccc3)c3sc4ncnn4c3O)CC2)cc1. The molecule has 1 aliphatic rings. The van der Waals surface area contributed by atoms with Gasteiger partial charge in [0.1, 0.15) is 12.1 Å². The Balaban J connectivity index is 1.41. The number of piperazine rings is 1. The minimum atomic E-state index is -0.0299. The van der Waals surface area contributed by atoms with E-state index in [1.807, 2.05) is 30.3 Å². The fourth-order valence-corrected chi connectivity index (χ4v) is 5.16. The first-order valence-electron chi connectivity index (χ1n) is 9.94. The lowest BCUT2D eigenvalue weighted by molar-refractivity contribution is 0.211. The molecule has 1 unspecified atom stereocenters. The van der Waals surface area contributed by atoms with Crippen LogP contribution in [0.1, 0.15) is 16.5 Å². The average molecular weight is 422 g/mol. The molecule has 7 nitrogen and oxygen atoms in total. The zero-order chi connectivity index (χ0) is 20.5. The Hall–Kier alpha value is -3.10. The van der Waals surface area contributed by atoms with Crippen LogP contribution in [0.3, 0.4) is 0 Å². The van der Waals surface area contributed by atoms with Crippen molar-refractivity contribution in [3.8, 4) is 11.6 Å². The van der Waals surface area contributed by atoms with E-state index >= 15 is 0 Å². The minimum Gasteiger partial charge on any atom is -0.497 e. The largest absolute Gasteiger partial charge is 0.497 e. The smallest absolute Gasteiger partial charge is 0.230 e. The van der Waals surface area contributed by atoms with Crippen LogP contribution in [-0.2, 0) is 0 Å². The van der Waals surface area contributed by atoms with Crippen LogP contribution in [0.2, 0.25) is 0 Å². The molecule has 1 fully saturated rings. The van der Waals surface area contributed by atoms with Crippen LogP contribution in [-0.4, -0.2) is 57.9 Å². The minimum absolute atomic E-state index is 0.0299. The highest BCUT2D eigenvalue weighted by molar-refractivity contribution is 7.17. The van der Waals surface area contributed by atoms with Gasteiger partial charge in [0.15, 0.2) is 0 Å². The van der Waals surface area contributed by atoms with Gasteiger partial charge in [0.25, 0.3) is 0 Å². The van der Waals surface area contributed by atoms with Gasteiger partial charge in [-0.05, 0) is 29.8 Å². The average Bonchev–Trinajstić information content (AvgIpc) is 3.39. The highest BCUT2D eigenvalue weighted by Crippen LogP contribution is 2.40. The van der Waals surface area contributed by atoms with Crippen molar-refractivity contribution >= 4 is 22.0 Å². The maximum Gasteiger partial charge on any atom is 0.230 e. The summed E-state index contributed by atoms with van der Waals surface area (Å²) in [6.07, 6.45) is 1.47. The molecule has 4 aromatic rings. The summed E-state index contributed by atoms with van der Waals surface area (Å²) in [5.41, 5.74) is 2.36. The lowest BCUT2D eigenvalue weighted by Crippen LogP contribution is -2.47. The van der Waals surface area contributed by atoms with Crippen LogP contribution in [0.25, 0.3) is 4.96 Å². The van der Waals surface area contributed by atoms with Crippen molar-refractivity contribution in [1.82, 2.24) is 19.5 Å². The highest BCUT2D eigenvalue weighted by atomic mass is 32.1. The predicted molar refractivity (Wildman–Crippen MR) is 118 cm³/mol. The van der Waals surface area contributed by atoms with Crippen molar-refractivity contribution in [2.24, 2.45) is 0 Å². The number of ether oxygens (including phenoxy) is 1. The van der Waals surface area contributed by atoms with Gasteiger partial charge in [0, 0.05) is 31.9 Å². The van der Waals surface area contributed by atoms with E-state index in [0.29, 0.717) is 4.96 Å². The van der Waals surface area contributed by atoms with E-state index in [1.54, 1.807) is 7.11 Å². The van der Waals surface area contributed by atoms with Gasteiger partial charge in [-0.2, -0.15) is 9.61 Å². The topological polar surface area (TPSA) is 66.1 Å². The summed E-state index contributed by atoms with van der Waals surface area (Å²) in [5.74, 6) is 1.05. The van der Waals surface area contributed by atoms with Crippen LogP contribution in [0.5, 0.6) is 11.6 Å². The molecule has 5 rings (SSSR count). The second-order valence-electron chi connectivity index (χ2n) is 7.28. The van der Waals surface area contributed by atoms with Crippen LogP contribution < -0.4 is 9.64 Å². The number of methoxy groups -OCH3 is 1. The van der Waals surface area contributed by atoms with Gasteiger partial charge in [-0.15, -0.1) is 0 Å². The summed E-state index contributed by atoms with van der Waals surface area (Å²) < 4.78 is 6.79. The first-order chi connectivity index (χ1) is 14.7. The van der Waals surface area contributed by atoms with Gasteiger partial charge >= 0.3 is 0 Å². The fraction of sp³-hybridized carbons (Fsp3) is 0.273. The molecular weight excluding hydrogens is 398 g/mol. The molecule has 0 saturated carbocycles.